The molecule has 2 heterocycles. The molecular weight excluding hydrogens is 655 g/mol. The number of nitrogens with zero attached hydrogens (tertiary/aromatic N) is 1. The van der Waals surface area contributed by atoms with Gasteiger partial charge >= 0.3 is 6.18 Å². The van der Waals surface area contributed by atoms with E-state index >= 15 is 0 Å². The molecule has 9 rings (SSSR count). The van der Waals surface area contributed by atoms with Gasteiger partial charge in [0, 0.05) is 40.0 Å². The van der Waals surface area contributed by atoms with Crippen LogP contribution >= 0.6 is 11.6 Å². The second kappa shape index (κ2) is 11.0. The summed E-state index contributed by atoms with van der Waals surface area (Å²) >= 11 is 6.35. The number of furan rings is 1. The first kappa shape index (κ1) is 33.7. The van der Waals surface area contributed by atoms with Gasteiger partial charge in [0.05, 0.1) is 28.9 Å². The lowest BCUT2D eigenvalue weighted by atomic mass is 9.32. The van der Waals surface area contributed by atoms with Gasteiger partial charge in [-0.2, -0.15) is 13.2 Å². The second-order valence-corrected chi connectivity index (χ2v) is 16.9. The number of aliphatic hydroxyl groups excluding tert-OH is 2. The number of hydrogen-bond donors (Lipinski definition) is 3. The lowest BCUT2D eigenvalue weighted by Crippen LogP contribution is -2.67. The second-order valence-electron chi connectivity index (χ2n) is 16.4. The molecule has 3 saturated carbocycles. The van der Waals surface area contributed by atoms with E-state index in [0.717, 1.165) is 57.2 Å². The summed E-state index contributed by atoms with van der Waals surface area (Å²) in [7, 11) is 0. The number of aliphatic hydroxyl groups is 3. The van der Waals surface area contributed by atoms with Crippen molar-refractivity contribution >= 4 is 17.4 Å². The Morgan fingerprint density at radius 1 is 1.02 bits per heavy atom. The fourth-order valence-electron chi connectivity index (χ4n) is 11.9. The molecule has 2 spiro atoms. The molecule has 2 bridgehead atoms. The van der Waals surface area contributed by atoms with Gasteiger partial charge in [0.2, 0.25) is 5.78 Å². The summed E-state index contributed by atoms with van der Waals surface area (Å²) in [6.45, 7) is 5.90. The largest absolute Gasteiger partial charge is 0.453 e. The molecule has 49 heavy (non-hydrogen) atoms. The molecule has 9 unspecified atom stereocenters. The van der Waals surface area contributed by atoms with Gasteiger partial charge in [0.15, 0.2) is 5.76 Å². The van der Waals surface area contributed by atoms with Crippen LogP contribution in [0, 0.1) is 33.5 Å². The van der Waals surface area contributed by atoms with Crippen molar-refractivity contribution in [3.05, 3.63) is 70.5 Å². The highest BCUT2D eigenvalue weighted by Crippen LogP contribution is 2.78. The third kappa shape index (κ3) is 4.57. The first-order chi connectivity index (χ1) is 23.1. The number of rotatable bonds is 6. The third-order valence-corrected chi connectivity index (χ3v) is 14.8. The first-order valence-corrected chi connectivity index (χ1v) is 18.2. The Hall–Kier alpha value is -2.43. The number of fused-ring (bicyclic) bond motifs is 1. The molecule has 10 heteroatoms. The molecule has 1 aliphatic heterocycles. The normalized spacial score (nSPS) is 41.4. The van der Waals surface area contributed by atoms with Crippen molar-refractivity contribution < 1.29 is 37.7 Å². The maximum Gasteiger partial charge on any atom is 0.416 e. The molecule has 9 atom stereocenters. The summed E-state index contributed by atoms with van der Waals surface area (Å²) < 4.78 is 46.8. The number of hydrogen-bond acceptors (Lipinski definition) is 6. The van der Waals surface area contributed by atoms with Crippen molar-refractivity contribution in [1.82, 2.24) is 4.90 Å². The standard InChI is InChI=1S/C39H45ClF3NO5/c1-34-12-9-25(46)19-36(34)15-16-38(31(34)10-13-35(2)32(38)11-14-37(35,48)22-44-17-3-4-24(44)21-45)27(20-36)33(47)30-8-7-29(49-30)26-18-23(39(41,42)43)5-6-28(26)40/h5-8,15-16,18,20,24-25,31-32,45-46,48H,3-4,9-14,17,19,21-22H2,1-2H3. The molecule has 6 aliphatic carbocycles. The van der Waals surface area contributed by atoms with Crippen molar-refractivity contribution in [3.8, 4) is 11.3 Å². The molecule has 6 nitrogen and oxygen atoms in total. The van der Waals surface area contributed by atoms with Crippen molar-refractivity contribution in [2.24, 2.45) is 33.5 Å². The molecule has 2 aromatic rings. The zero-order chi connectivity index (χ0) is 34.8. The number of allylic oxidation sites excluding steroid dienone is 4. The summed E-state index contributed by atoms with van der Waals surface area (Å²) in [5.74, 6) is -0.174. The molecule has 1 aromatic heterocycles. The predicted molar refractivity (Wildman–Crippen MR) is 179 cm³/mol. The fourth-order valence-corrected chi connectivity index (χ4v) is 12.1. The van der Waals surface area contributed by atoms with Crippen molar-refractivity contribution in [2.45, 2.75) is 95.6 Å². The van der Waals surface area contributed by atoms with E-state index in [1.54, 1.807) is 0 Å². The first-order valence-electron chi connectivity index (χ1n) is 17.8. The van der Waals surface area contributed by atoms with Crippen LogP contribution in [-0.4, -0.2) is 63.4 Å². The maximum absolute atomic E-state index is 14.9. The van der Waals surface area contributed by atoms with Gasteiger partial charge in [-0.1, -0.05) is 43.7 Å². The summed E-state index contributed by atoms with van der Waals surface area (Å²) in [4.78, 5) is 17.1. The molecular formula is C39H45ClF3NO5. The molecule has 0 radical (unpaired) electrons. The van der Waals surface area contributed by atoms with E-state index in [1.165, 1.54) is 18.2 Å². The van der Waals surface area contributed by atoms with Gasteiger partial charge in [-0.05, 0) is 112 Å². The van der Waals surface area contributed by atoms with E-state index in [2.05, 4.69) is 37.0 Å². The van der Waals surface area contributed by atoms with Gasteiger partial charge in [0.25, 0.3) is 0 Å². The maximum atomic E-state index is 14.9. The van der Waals surface area contributed by atoms with Gasteiger partial charge in [-0.15, -0.1) is 0 Å². The predicted octanol–water partition coefficient (Wildman–Crippen LogP) is 7.85. The van der Waals surface area contributed by atoms with Gasteiger partial charge < -0.3 is 19.7 Å². The number of halogens is 4. The van der Waals surface area contributed by atoms with E-state index in [9.17, 15) is 33.3 Å². The van der Waals surface area contributed by atoms with Crippen molar-refractivity contribution in [3.63, 3.8) is 0 Å². The molecule has 0 amide bonds. The van der Waals surface area contributed by atoms with Crippen LogP contribution in [0.15, 0.2) is 58.6 Å². The lowest BCUT2D eigenvalue weighted by Gasteiger charge is -2.71. The summed E-state index contributed by atoms with van der Waals surface area (Å²) in [5, 5.41) is 33.8. The van der Waals surface area contributed by atoms with E-state index in [0.29, 0.717) is 31.4 Å². The number of carbonyl (C=O) groups excluding carboxylic acids is 1. The van der Waals surface area contributed by atoms with Crippen molar-refractivity contribution in [1.29, 1.82) is 0 Å². The Morgan fingerprint density at radius 3 is 2.51 bits per heavy atom. The summed E-state index contributed by atoms with van der Waals surface area (Å²) in [6.07, 6.45) is 8.35. The minimum atomic E-state index is -4.57. The average Bonchev–Trinajstić information content (AvgIpc) is 3.78. The van der Waals surface area contributed by atoms with E-state index < -0.39 is 39.7 Å². The topological polar surface area (TPSA) is 94.1 Å². The van der Waals surface area contributed by atoms with E-state index in [1.807, 2.05) is 0 Å². The van der Waals surface area contributed by atoms with Crippen LogP contribution in [0.2, 0.25) is 5.02 Å². The van der Waals surface area contributed by atoms with Gasteiger partial charge in [0.1, 0.15) is 5.76 Å². The SMILES string of the molecule is CC12CCC(O)CC13C=CC1(C(C(=O)c4ccc(-c5cc(C(F)(F)F)ccc5Cl)o4)=C3)C2CCC2(C)C1CCC2(O)CN1CCCC1CO. The monoisotopic (exact) mass is 699 g/mol. The highest BCUT2D eigenvalue weighted by atomic mass is 35.5. The number of β-amino-alcohol motifs (C(OH)–C–C–N with tert-alkyl or cyclic N) is 1. The smallest absolute Gasteiger partial charge is 0.416 e. The van der Waals surface area contributed by atoms with Crippen LogP contribution in [0.5, 0.6) is 0 Å². The quantitative estimate of drug-likeness (QED) is 0.210. The third-order valence-electron chi connectivity index (χ3n) is 14.5. The molecule has 7 aliphatic rings. The Bertz CT molecular complexity index is 1750. The van der Waals surface area contributed by atoms with Crippen LogP contribution < -0.4 is 0 Å². The van der Waals surface area contributed by atoms with E-state index in [4.69, 9.17) is 16.0 Å². The Kier molecular flexibility index (Phi) is 7.59. The number of Topliss-reactive ketones (excluding diaryl/α,β-unsaturated/α-hetero) is 1. The fraction of sp³-hybridized carbons (Fsp3) is 0.615. The van der Waals surface area contributed by atoms with Crippen LogP contribution in [0.1, 0.15) is 87.8 Å². The average molecular weight is 700 g/mol. The highest BCUT2D eigenvalue weighted by Gasteiger charge is 2.74. The molecule has 4 fully saturated rings. The Morgan fingerprint density at radius 2 is 1.76 bits per heavy atom. The minimum absolute atomic E-state index is 0.0293. The number of likely N-dealkylation sites (tertiary alicyclic amines) is 1. The number of alkyl halides is 3. The number of ketones is 1. The lowest BCUT2D eigenvalue weighted by molar-refractivity contribution is -0.177. The molecule has 3 N–H and O–H groups in total. The molecule has 1 aromatic carbocycles. The van der Waals surface area contributed by atoms with Crippen LogP contribution in [0.25, 0.3) is 11.3 Å². The van der Waals surface area contributed by atoms with Crippen molar-refractivity contribution in [2.75, 3.05) is 19.7 Å². The van der Waals surface area contributed by atoms with Crippen LogP contribution in [0.3, 0.4) is 0 Å². The zero-order valence-electron chi connectivity index (χ0n) is 28.0. The van der Waals surface area contributed by atoms with E-state index in [-0.39, 0.29) is 57.8 Å². The zero-order valence-corrected chi connectivity index (χ0v) is 28.8. The van der Waals surface area contributed by atoms with Gasteiger partial charge in [-0.25, -0.2) is 0 Å². The summed E-state index contributed by atoms with van der Waals surface area (Å²) in [5.41, 5.74) is -3.16. The van der Waals surface area contributed by atoms with Gasteiger partial charge in [-0.3, -0.25) is 9.69 Å². The number of carbonyl (C=O) groups is 1. The Balaban J connectivity index is 1.22. The summed E-state index contributed by atoms with van der Waals surface area (Å²) in [6, 6.07) is 6.10. The molecule has 1 saturated heterocycles. The number of benzene rings is 1. The van der Waals surface area contributed by atoms with Crippen LogP contribution in [0.4, 0.5) is 13.2 Å². The van der Waals surface area contributed by atoms with Crippen LogP contribution in [-0.2, 0) is 6.18 Å². The molecule has 264 valence electrons. The highest BCUT2D eigenvalue weighted by molar-refractivity contribution is 6.33. The minimum Gasteiger partial charge on any atom is -0.453 e. The Labute approximate surface area is 290 Å².